The van der Waals surface area contributed by atoms with Crippen LogP contribution in [-0.4, -0.2) is 106 Å². The standard InChI is InChI=1S/C43H37ClF10N8O8S2/c1-40(2,71(4,67)68)11-10-23-6-7-24(25-8-9-28(44)33-35(25)61(19-41(47,48)49)58-38(33)62(72(5,69)70)31(64)18-59(3)39(65)66)34(55-23)29(14-20-12-21(45)15-22(46)13-20)56-30(63)17-60-37-32(36(57-60)43(52,53)54)26-16-27(26)42(37,50)51/h6-9,12-13,15,26-27,29H,14,16-19H2,1-5H3,(H,56,63)(H,65,66)/t26-,27+,29-/m0/s1. The smallest absolute Gasteiger partial charge is 0.435 e. The average Bonchev–Trinajstić information content (AvgIpc) is 3.74. The molecule has 2 aliphatic carbocycles. The first-order valence-electron chi connectivity index (χ1n) is 20.8. The Morgan fingerprint density at radius 1 is 0.958 bits per heavy atom. The van der Waals surface area contributed by atoms with E-state index in [-0.39, 0.29) is 36.9 Å². The Kier molecular flexibility index (Phi) is 13.5. The van der Waals surface area contributed by atoms with Crippen LogP contribution in [0.2, 0.25) is 5.02 Å². The first-order valence-corrected chi connectivity index (χ1v) is 24.9. The van der Waals surface area contributed by atoms with Gasteiger partial charge in [-0.05, 0) is 74.4 Å². The predicted octanol–water partition coefficient (Wildman–Crippen LogP) is 7.19. The number of nitrogens with zero attached hydrogens (tertiary/aromatic N) is 7. The molecule has 5 aromatic rings. The summed E-state index contributed by atoms with van der Waals surface area (Å²) in [6.45, 7) is -2.10. The van der Waals surface area contributed by atoms with Gasteiger partial charge in [-0.1, -0.05) is 23.6 Å². The summed E-state index contributed by atoms with van der Waals surface area (Å²) in [7, 11) is -7.95. The van der Waals surface area contributed by atoms with Gasteiger partial charge in [-0.3, -0.25) is 19.0 Å². The van der Waals surface area contributed by atoms with Gasteiger partial charge >= 0.3 is 18.4 Å². The minimum atomic E-state index is -5.24. The maximum atomic E-state index is 15.6. The molecule has 72 heavy (non-hydrogen) atoms. The number of pyridine rings is 1. The maximum absolute atomic E-state index is 15.6. The van der Waals surface area contributed by atoms with Gasteiger partial charge in [0.1, 0.15) is 47.4 Å². The predicted molar refractivity (Wildman–Crippen MR) is 236 cm³/mol. The van der Waals surface area contributed by atoms with Crippen molar-refractivity contribution in [3.63, 3.8) is 0 Å². The Hall–Kier alpha value is -6.47. The highest BCUT2D eigenvalue weighted by atomic mass is 35.5. The molecule has 2 aromatic carbocycles. The van der Waals surface area contributed by atoms with E-state index in [1.807, 2.05) is 0 Å². The van der Waals surface area contributed by atoms with E-state index in [4.69, 9.17) is 11.6 Å². The summed E-state index contributed by atoms with van der Waals surface area (Å²) in [6, 6.07) is 4.51. The van der Waals surface area contributed by atoms with E-state index >= 15 is 8.78 Å². The quantitative estimate of drug-likeness (QED) is 0.0891. The number of sulfone groups is 1. The minimum Gasteiger partial charge on any atom is -0.465 e. The Balaban J connectivity index is 1.49. The third-order valence-corrected chi connectivity index (χ3v) is 15.1. The molecule has 2 aliphatic rings. The zero-order valence-corrected chi connectivity index (χ0v) is 40.1. The molecule has 3 amide bonds. The number of carboxylic acid groups (broad SMARTS) is 1. The van der Waals surface area contributed by atoms with Crippen molar-refractivity contribution in [1.82, 2.24) is 34.8 Å². The number of rotatable bonds is 13. The molecule has 386 valence electrons. The summed E-state index contributed by atoms with van der Waals surface area (Å²) in [6.07, 6.45) is -11.8. The van der Waals surface area contributed by atoms with E-state index in [9.17, 15) is 71.4 Å². The summed E-state index contributed by atoms with van der Waals surface area (Å²) in [5, 5.41) is 17.8. The lowest BCUT2D eigenvalue weighted by atomic mass is 9.93. The molecule has 7 rings (SSSR count). The Morgan fingerprint density at radius 3 is 2.15 bits per heavy atom. The number of alkyl halides is 8. The number of sulfonamides is 1. The fraction of sp³-hybridized carbons (Fsp3) is 0.395. The molecule has 0 saturated heterocycles. The number of anilines is 1. The van der Waals surface area contributed by atoms with Gasteiger partial charge in [0, 0.05) is 42.0 Å². The van der Waals surface area contributed by atoms with Crippen molar-refractivity contribution in [3.05, 3.63) is 93.0 Å². The lowest BCUT2D eigenvalue weighted by Gasteiger charge is -2.23. The fourth-order valence-electron chi connectivity index (χ4n) is 8.19. The number of aromatic nitrogens is 5. The minimum absolute atomic E-state index is 0.0799. The van der Waals surface area contributed by atoms with Crippen molar-refractivity contribution in [1.29, 1.82) is 0 Å². The zero-order valence-electron chi connectivity index (χ0n) is 37.7. The molecule has 3 atom stereocenters. The first-order chi connectivity index (χ1) is 33.0. The van der Waals surface area contributed by atoms with Gasteiger partial charge in [-0.15, -0.1) is 0 Å². The number of halogens is 11. The van der Waals surface area contributed by atoms with Crippen molar-refractivity contribution in [2.24, 2.45) is 5.92 Å². The number of amides is 3. The highest BCUT2D eigenvalue weighted by Crippen LogP contribution is 2.68. The van der Waals surface area contributed by atoms with E-state index in [2.05, 4.69) is 32.3 Å². The Bertz CT molecular complexity index is 3370. The second kappa shape index (κ2) is 18.2. The molecular formula is C43H37ClF10N8O8S2. The van der Waals surface area contributed by atoms with Gasteiger partial charge in [0.2, 0.25) is 15.9 Å². The molecule has 1 fully saturated rings. The van der Waals surface area contributed by atoms with Crippen LogP contribution in [0.25, 0.3) is 22.0 Å². The normalized spacial score (nSPS) is 16.9. The lowest BCUT2D eigenvalue weighted by Crippen LogP contribution is -2.44. The zero-order chi connectivity index (χ0) is 53.6. The van der Waals surface area contributed by atoms with E-state index in [0.29, 0.717) is 17.2 Å². The van der Waals surface area contributed by atoms with Gasteiger partial charge in [-0.25, -0.2) is 35.4 Å². The number of fused-ring (bicyclic) bond motifs is 4. The van der Waals surface area contributed by atoms with Crippen LogP contribution >= 0.6 is 11.6 Å². The van der Waals surface area contributed by atoms with Crippen molar-refractivity contribution in [2.45, 2.75) is 74.8 Å². The second-order valence-corrected chi connectivity index (χ2v) is 22.4. The van der Waals surface area contributed by atoms with Gasteiger partial charge in [-0.2, -0.15) is 49.6 Å². The van der Waals surface area contributed by atoms with Crippen LogP contribution < -0.4 is 9.62 Å². The molecule has 16 nitrogen and oxygen atoms in total. The van der Waals surface area contributed by atoms with Gasteiger partial charge in [0.15, 0.2) is 21.3 Å². The maximum Gasteiger partial charge on any atom is 0.435 e. The third kappa shape index (κ3) is 10.5. The van der Waals surface area contributed by atoms with Crippen molar-refractivity contribution in [3.8, 4) is 23.0 Å². The number of likely N-dealkylation sites (N-methyl/N-ethyl adjacent to an activating group) is 1. The highest BCUT2D eigenvalue weighted by Gasteiger charge is 2.68. The molecule has 0 unspecified atom stereocenters. The summed E-state index contributed by atoms with van der Waals surface area (Å²) >= 11 is 6.58. The van der Waals surface area contributed by atoms with Crippen LogP contribution in [0.15, 0.2) is 42.5 Å². The largest absolute Gasteiger partial charge is 0.465 e. The first kappa shape index (κ1) is 53.3. The van der Waals surface area contributed by atoms with Crippen LogP contribution in [0.1, 0.15) is 66.1 Å². The van der Waals surface area contributed by atoms with Crippen LogP contribution in [0.5, 0.6) is 0 Å². The number of nitrogens with one attached hydrogen (secondary N) is 1. The number of carbonyl (C=O) groups is 3. The topological polar surface area (TPSA) is 207 Å². The van der Waals surface area contributed by atoms with E-state index < -0.39 is 166 Å². The van der Waals surface area contributed by atoms with E-state index in [1.165, 1.54) is 13.8 Å². The molecule has 3 aromatic heterocycles. The van der Waals surface area contributed by atoms with Crippen molar-refractivity contribution in [2.75, 3.05) is 30.4 Å². The van der Waals surface area contributed by atoms with Gasteiger partial charge < -0.3 is 15.3 Å². The van der Waals surface area contributed by atoms with Crippen LogP contribution in [-0.2, 0) is 61.1 Å². The molecule has 1 saturated carbocycles. The molecule has 0 radical (unpaired) electrons. The summed E-state index contributed by atoms with van der Waals surface area (Å²) in [4.78, 5) is 44.2. The van der Waals surface area contributed by atoms with Crippen molar-refractivity contribution < 1.29 is 80.2 Å². The molecule has 3 heterocycles. The number of hydrogen-bond acceptors (Lipinski definition) is 10. The van der Waals surface area contributed by atoms with Gasteiger partial charge in [0.25, 0.3) is 11.8 Å². The molecular weight excluding hydrogens is 1050 g/mol. The number of benzene rings is 2. The summed E-state index contributed by atoms with van der Waals surface area (Å²) < 4.78 is 197. The Labute approximate surface area is 406 Å². The number of hydrogen-bond donors (Lipinski definition) is 2. The molecule has 0 spiro atoms. The third-order valence-electron chi connectivity index (χ3n) is 11.8. The average molecular weight is 1080 g/mol. The molecule has 29 heteroatoms. The molecule has 2 N–H and O–H groups in total. The Morgan fingerprint density at radius 2 is 1.58 bits per heavy atom. The summed E-state index contributed by atoms with van der Waals surface area (Å²) in [5.41, 5.74) is -6.19. The van der Waals surface area contributed by atoms with Gasteiger partial charge in [0.05, 0.1) is 33.9 Å². The van der Waals surface area contributed by atoms with E-state index in [1.54, 1.807) is 0 Å². The molecule has 0 aliphatic heterocycles. The molecule has 0 bridgehead atoms. The van der Waals surface area contributed by atoms with Crippen LogP contribution in [0.4, 0.5) is 54.5 Å². The van der Waals surface area contributed by atoms with Crippen LogP contribution in [0.3, 0.4) is 0 Å². The van der Waals surface area contributed by atoms with Crippen LogP contribution in [0, 0.1) is 29.4 Å². The fourth-order valence-corrected chi connectivity index (χ4v) is 9.54. The highest BCUT2D eigenvalue weighted by molar-refractivity contribution is 7.93. The van der Waals surface area contributed by atoms with E-state index in [0.717, 1.165) is 49.7 Å². The number of carbonyl (C=O) groups excluding carboxylic acids is 2. The lowest BCUT2D eigenvalue weighted by molar-refractivity contribution is -0.143. The second-order valence-electron chi connectivity index (χ2n) is 17.6. The van der Waals surface area contributed by atoms with Crippen molar-refractivity contribution >= 4 is 66.1 Å². The SMILES string of the molecule is CN(CC(=O)N(c1nn(CC(F)(F)F)c2c(-c3ccc(C#CC(C)(C)S(C)(=O)=O)nc3[C@H](Cc3cc(F)cc(F)c3)NC(=O)Cn3nc(C(F)(F)F)c4c3C(F)(F)[C@@H]3C[C@H]43)ccc(Cl)c12)S(C)(=O)=O)C(=O)O. The monoisotopic (exact) mass is 1080 g/mol. The summed E-state index contributed by atoms with van der Waals surface area (Å²) in [5.74, 6) is -7.80.